The van der Waals surface area contributed by atoms with E-state index >= 15 is 0 Å². The Morgan fingerprint density at radius 1 is 1.29 bits per heavy atom. The van der Waals surface area contributed by atoms with Crippen molar-refractivity contribution < 1.29 is 4.79 Å². The maximum absolute atomic E-state index is 12.6. The minimum absolute atomic E-state index is 0.0367. The van der Waals surface area contributed by atoms with E-state index in [9.17, 15) is 4.79 Å². The molecule has 21 heavy (non-hydrogen) atoms. The van der Waals surface area contributed by atoms with E-state index in [0.717, 1.165) is 38.0 Å². The molecule has 0 aliphatic carbocycles. The molecule has 0 radical (unpaired) electrons. The van der Waals surface area contributed by atoms with Crippen LogP contribution in [-0.2, 0) is 0 Å². The summed E-state index contributed by atoms with van der Waals surface area (Å²) in [6.45, 7) is 7.79. The van der Waals surface area contributed by atoms with E-state index in [4.69, 9.17) is 0 Å². The van der Waals surface area contributed by atoms with Gasteiger partial charge in [0.05, 0.1) is 0 Å². The molecular formula is C16H26N4O. The Balaban J connectivity index is 2.15. The normalized spacial score (nSPS) is 17.2. The summed E-state index contributed by atoms with van der Waals surface area (Å²) >= 11 is 0. The van der Waals surface area contributed by atoms with Crippen LogP contribution in [0.3, 0.4) is 0 Å². The molecule has 1 atom stereocenters. The number of hydrogen-bond donors (Lipinski definition) is 1. The molecule has 5 heteroatoms. The van der Waals surface area contributed by atoms with Crippen LogP contribution in [0.25, 0.3) is 0 Å². The molecule has 0 saturated carbocycles. The topological polar surface area (TPSA) is 58.1 Å². The molecule has 116 valence electrons. The number of carbonyl (C=O) groups excluding carboxylic acids is 1. The molecule has 1 unspecified atom stereocenters. The molecule has 5 nitrogen and oxygen atoms in total. The second-order valence-electron chi connectivity index (χ2n) is 5.88. The van der Waals surface area contributed by atoms with Gasteiger partial charge in [-0.2, -0.15) is 0 Å². The van der Waals surface area contributed by atoms with Gasteiger partial charge < -0.3 is 10.2 Å². The Kier molecular flexibility index (Phi) is 5.53. The number of hydrogen-bond acceptors (Lipinski definition) is 4. The van der Waals surface area contributed by atoms with Gasteiger partial charge in [0.2, 0.25) is 5.95 Å². The van der Waals surface area contributed by atoms with Crippen LogP contribution in [0.5, 0.6) is 0 Å². The van der Waals surface area contributed by atoms with Crippen molar-refractivity contribution in [3.63, 3.8) is 0 Å². The highest BCUT2D eigenvalue weighted by atomic mass is 16.2. The maximum atomic E-state index is 12.6. The molecule has 1 amide bonds. The van der Waals surface area contributed by atoms with E-state index in [0.29, 0.717) is 17.7 Å². The highest BCUT2D eigenvalue weighted by Crippen LogP contribution is 2.14. The lowest BCUT2D eigenvalue weighted by atomic mass is 10.2. The van der Waals surface area contributed by atoms with Crippen LogP contribution in [0.15, 0.2) is 6.07 Å². The third-order valence-corrected chi connectivity index (χ3v) is 3.95. The van der Waals surface area contributed by atoms with E-state index in [1.54, 1.807) is 6.07 Å². The van der Waals surface area contributed by atoms with E-state index in [1.807, 2.05) is 11.8 Å². The molecule has 0 aromatic carbocycles. The van der Waals surface area contributed by atoms with Crippen LogP contribution >= 0.6 is 0 Å². The number of anilines is 1. The van der Waals surface area contributed by atoms with Crippen LogP contribution in [0.4, 0.5) is 5.95 Å². The number of rotatable bonds is 4. The monoisotopic (exact) mass is 290 g/mol. The smallest absolute Gasteiger partial charge is 0.272 e. The van der Waals surface area contributed by atoms with Crippen molar-refractivity contribution in [3.8, 4) is 0 Å². The first kappa shape index (κ1) is 15.7. The minimum Gasteiger partial charge on any atom is -0.352 e. The zero-order valence-electron chi connectivity index (χ0n) is 13.4. The highest BCUT2D eigenvalue weighted by molar-refractivity contribution is 5.92. The van der Waals surface area contributed by atoms with Gasteiger partial charge in [-0.1, -0.05) is 19.8 Å². The Bertz CT molecular complexity index is 481. The van der Waals surface area contributed by atoms with Crippen LogP contribution < -0.4 is 5.32 Å². The van der Waals surface area contributed by atoms with E-state index in [-0.39, 0.29) is 5.91 Å². The number of nitrogens with zero attached hydrogens (tertiary/aromatic N) is 3. The maximum Gasteiger partial charge on any atom is 0.272 e. The predicted molar refractivity (Wildman–Crippen MR) is 84.5 cm³/mol. The van der Waals surface area contributed by atoms with Gasteiger partial charge in [0.25, 0.3) is 5.91 Å². The summed E-state index contributed by atoms with van der Waals surface area (Å²) in [5, 5.41) is 3.25. The molecule has 1 fully saturated rings. The largest absolute Gasteiger partial charge is 0.352 e. The minimum atomic E-state index is 0.0367. The lowest BCUT2D eigenvalue weighted by Gasteiger charge is -2.20. The van der Waals surface area contributed by atoms with Crippen molar-refractivity contribution in [3.05, 3.63) is 17.5 Å². The van der Waals surface area contributed by atoms with Gasteiger partial charge in [0, 0.05) is 24.8 Å². The van der Waals surface area contributed by atoms with Gasteiger partial charge in [-0.25, -0.2) is 9.97 Å². The molecule has 1 aromatic heterocycles. The summed E-state index contributed by atoms with van der Waals surface area (Å²) < 4.78 is 0. The fourth-order valence-electron chi connectivity index (χ4n) is 2.50. The lowest BCUT2D eigenvalue weighted by molar-refractivity contribution is 0.0755. The van der Waals surface area contributed by atoms with E-state index in [2.05, 4.69) is 29.1 Å². The standard InChI is InChI=1S/C16H26N4O/c1-4-12(2)17-16-18-13(3)11-14(19-16)15(21)20-9-7-5-6-8-10-20/h11-12H,4-10H2,1-3H3,(H,17,18,19). The average Bonchev–Trinajstić information content (AvgIpc) is 2.74. The molecule has 1 aliphatic heterocycles. The Morgan fingerprint density at radius 2 is 1.95 bits per heavy atom. The van der Waals surface area contributed by atoms with Gasteiger partial charge in [-0.05, 0) is 39.2 Å². The third kappa shape index (κ3) is 4.41. The summed E-state index contributed by atoms with van der Waals surface area (Å²) in [6, 6.07) is 2.09. The van der Waals surface area contributed by atoms with E-state index < -0.39 is 0 Å². The number of aryl methyl sites for hydroxylation is 1. The molecule has 2 heterocycles. The fraction of sp³-hybridized carbons (Fsp3) is 0.688. The Labute approximate surface area is 127 Å². The van der Waals surface area contributed by atoms with Crippen molar-refractivity contribution in [1.29, 1.82) is 0 Å². The summed E-state index contributed by atoms with van der Waals surface area (Å²) in [4.78, 5) is 23.3. The number of carbonyl (C=O) groups is 1. The number of amides is 1. The number of nitrogens with one attached hydrogen (secondary N) is 1. The summed E-state index contributed by atoms with van der Waals surface area (Å²) in [5.41, 5.74) is 1.34. The van der Waals surface area contributed by atoms with Gasteiger partial charge in [0.1, 0.15) is 5.69 Å². The van der Waals surface area contributed by atoms with Crippen LogP contribution in [0.1, 0.15) is 62.1 Å². The molecule has 1 aliphatic rings. The van der Waals surface area contributed by atoms with Gasteiger partial charge >= 0.3 is 0 Å². The first-order chi connectivity index (χ1) is 10.1. The second kappa shape index (κ2) is 7.38. The first-order valence-electron chi connectivity index (χ1n) is 8.01. The van der Waals surface area contributed by atoms with Crippen LogP contribution in [-0.4, -0.2) is 39.9 Å². The summed E-state index contributed by atoms with van der Waals surface area (Å²) in [6.07, 6.45) is 5.61. The predicted octanol–water partition coefficient (Wildman–Crippen LogP) is 3.01. The molecule has 0 spiro atoms. The van der Waals surface area contributed by atoms with Crippen LogP contribution in [0, 0.1) is 6.92 Å². The number of aromatic nitrogens is 2. The second-order valence-corrected chi connectivity index (χ2v) is 5.88. The van der Waals surface area contributed by atoms with Crippen molar-refractivity contribution in [1.82, 2.24) is 14.9 Å². The molecule has 1 saturated heterocycles. The fourth-order valence-corrected chi connectivity index (χ4v) is 2.50. The first-order valence-corrected chi connectivity index (χ1v) is 8.01. The van der Waals surface area contributed by atoms with Crippen LogP contribution in [0.2, 0.25) is 0 Å². The van der Waals surface area contributed by atoms with Crippen molar-refractivity contribution >= 4 is 11.9 Å². The quantitative estimate of drug-likeness (QED) is 0.926. The molecular weight excluding hydrogens is 264 g/mol. The van der Waals surface area contributed by atoms with Gasteiger partial charge in [-0.3, -0.25) is 4.79 Å². The number of likely N-dealkylation sites (tertiary alicyclic amines) is 1. The summed E-state index contributed by atoms with van der Waals surface area (Å²) in [7, 11) is 0. The van der Waals surface area contributed by atoms with Gasteiger partial charge in [-0.15, -0.1) is 0 Å². The van der Waals surface area contributed by atoms with Gasteiger partial charge in [0.15, 0.2) is 0 Å². The van der Waals surface area contributed by atoms with Crippen molar-refractivity contribution in [2.24, 2.45) is 0 Å². The Hall–Kier alpha value is -1.65. The van der Waals surface area contributed by atoms with E-state index in [1.165, 1.54) is 12.8 Å². The molecule has 1 aromatic rings. The highest BCUT2D eigenvalue weighted by Gasteiger charge is 2.19. The van der Waals surface area contributed by atoms with Crippen molar-refractivity contribution in [2.45, 2.75) is 58.9 Å². The SMILES string of the molecule is CCC(C)Nc1nc(C)cc(C(=O)N2CCCCCC2)n1. The molecule has 0 bridgehead atoms. The Morgan fingerprint density at radius 3 is 2.57 bits per heavy atom. The lowest BCUT2D eigenvalue weighted by Crippen LogP contribution is -2.32. The zero-order valence-corrected chi connectivity index (χ0v) is 13.4. The zero-order chi connectivity index (χ0) is 15.2. The molecule has 1 N–H and O–H groups in total. The average molecular weight is 290 g/mol. The summed E-state index contributed by atoms with van der Waals surface area (Å²) in [5.74, 6) is 0.595. The third-order valence-electron chi connectivity index (χ3n) is 3.95. The molecule has 2 rings (SSSR count). The van der Waals surface area contributed by atoms with Crippen molar-refractivity contribution in [2.75, 3.05) is 18.4 Å².